The predicted molar refractivity (Wildman–Crippen MR) is 108 cm³/mol. The molecule has 2 aromatic rings. The molecule has 7 heteroatoms. The summed E-state index contributed by atoms with van der Waals surface area (Å²) in [5, 5.41) is 6.47. The number of nitrogens with one attached hydrogen (secondary N) is 2. The van der Waals surface area contributed by atoms with E-state index in [-0.39, 0.29) is 5.57 Å². The second-order valence-corrected chi connectivity index (χ2v) is 6.43. The van der Waals surface area contributed by atoms with Crippen LogP contribution in [0.5, 0.6) is 0 Å². The van der Waals surface area contributed by atoms with E-state index in [9.17, 15) is 9.59 Å². The fourth-order valence-corrected chi connectivity index (χ4v) is 2.80. The number of carbonyl (C=O) groups excluding carboxylic acids is 2. The molecular weight excluding hydrogens is 380 g/mol. The Bertz CT molecular complexity index is 835. The summed E-state index contributed by atoms with van der Waals surface area (Å²) >= 11 is 5.97. The highest BCUT2D eigenvalue weighted by Crippen LogP contribution is 2.26. The number of benzene rings is 2. The predicted octanol–water partition coefficient (Wildman–Crippen LogP) is 3.97. The zero-order chi connectivity index (χ0) is 20.5. The van der Waals surface area contributed by atoms with E-state index in [1.54, 1.807) is 31.2 Å². The van der Waals surface area contributed by atoms with Gasteiger partial charge in [0.25, 0.3) is 0 Å². The van der Waals surface area contributed by atoms with Gasteiger partial charge in [0.1, 0.15) is 0 Å². The summed E-state index contributed by atoms with van der Waals surface area (Å²) in [6.07, 6.45) is -0.669. The first-order valence-corrected chi connectivity index (χ1v) is 9.01. The first-order chi connectivity index (χ1) is 13.5. The maximum atomic E-state index is 12.6. The lowest BCUT2D eigenvalue weighted by molar-refractivity contribution is -0.136. The number of hydrogen-bond acceptors (Lipinski definition) is 5. The Hall–Kier alpha value is -2.99. The van der Waals surface area contributed by atoms with Crippen LogP contribution in [0.2, 0.25) is 5.02 Å². The molecule has 1 amide bonds. The fourth-order valence-electron chi connectivity index (χ4n) is 2.68. The molecule has 28 heavy (non-hydrogen) atoms. The molecule has 1 atom stereocenters. The van der Waals surface area contributed by atoms with Gasteiger partial charge in [0.05, 0.1) is 25.8 Å². The third kappa shape index (κ3) is 5.76. The van der Waals surface area contributed by atoms with E-state index in [1.807, 2.05) is 30.3 Å². The summed E-state index contributed by atoms with van der Waals surface area (Å²) in [7, 11) is 2.56. The number of carbonyl (C=O) groups is 2. The molecule has 6 nitrogen and oxygen atoms in total. The number of halogens is 1. The Balaban J connectivity index is 2.42. The Labute approximate surface area is 169 Å². The highest BCUT2D eigenvalue weighted by Gasteiger charge is 2.28. The molecule has 0 aromatic heterocycles. The summed E-state index contributed by atoms with van der Waals surface area (Å²) in [6.45, 7) is 2.27. The fraction of sp³-hybridized carbons (Fsp3) is 0.238. The van der Waals surface area contributed by atoms with Crippen LogP contribution < -0.4 is 10.6 Å². The summed E-state index contributed by atoms with van der Waals surface area (Å²) in [4.78, 5) is 24.5. The molecular formula is C21H23ClN2O4. The number of rotatable bonds is 7. The SMILES string of the molecule is COC(=O)N[C@H](/C(C(=O)OC)=C(\C)NCc1ccccc1)c1ccc(Cl)cc1. The number of esters is 1. The van der Waals surface area contributed by atoms with Crippen molar-refractivity contribution in [2.24, 2.45) is 0 Å². The van der Waals surface area contributed by atoms with E-state index in [0.717, 1.165) is 5.56 Å². The van der Waals surface area contributed by atoms with E-state index in [4.69, 9.17) is 21.1 Å². The monoisotopic (exact) mass is 402 g/mol. The van der Waals surface area contributed by atoms with Gasteiger partial charge in [-0.1, -0.05) is 54.1 Å². The van der Waals surface area contributed by atoms with E-state index >= 15 is 0 Å². The van der Waals surface area contributed by atoms with Crippen LogP contribution in [0.1, 0.15) is 24.1 Å². The van der Waals surface area contributed by atoms with Gasteiger partial charge < -0.3 is 20.1 Å². The van der Waals surface area contributed by atoms with E-state index in [2.05, 4.69) is 10.6 Å². The largest absolute Gasteiger partial charge is 0.466 e. The molecule has 0 aliphatic heterocycles. The maximum absolute atomic E-state index is 12.6. The van der Waals surface area contributed by atoms with Gasteiger partial charge in [-0.25, -0.2) is 9.59 Å². The smallest absolute Gasteiger partial charge is 0.407 e. The molecule has 0 spiro atoms. The molecule has 2 aromatic carbocycles. The minimum atomic E-state index is -0.777. The van der Waals surface area contributed by atoms with Crippen molar-refractivity contribution in [1.82, 2.24) is 10.6 Å². The van der Waals surface area contributed by atoms with Crippen molar-refractivity contribution < 1.29 is 19.1 Å². The van der Waals surface area contributed by atoms with E-state index in [1.165, 1.54) is 14.2 Å². The Morgan fingerprint density at radius 3 is 2.21 bits per heavy atom. The lowest BCUT2D eigenvalue weighted by Crippen LogP contribution is -2.34. The minimum absolute atomic E-state index is 0.270. The van der Waals surface area contributed by atoms with Gasteiger partial charge in [-0.2, -0.15) is 0 Å². The van der Waals surface area contributed by atoms with Crippen molar-refractivity contribution in [3.63, 3.8) is 0 Å². The number of ether oxygens (including phenoxy) is 2. The number of hydrogen-bond donors (Lipinski definition) is 2. The first-order valence-electron chi connectivity index (χ1n) is 8.63. The highest BCUT2D eigenvalue weighted by atomic mass is 35.5. The zero-order valence-electron chi connectivity index (χ0n) is 16.0. The second kappa shape index (κ2) is 10.4. The van der Waals surface area contributed by atoms with Gasteiger partial charge in [0, 0.05) is 17.3 Å². The highest BCUT2D eigenvalue weighted by molar-refractivity contribution is 6.30. The van der Waals surface area contributed by atoms with Crippen molar-refractivity contribution in [2.45, 2.75) is 19.5 Å². The van der Waals surface area contributed by atoms with E-state index < -0.39 is 18.1 Å². The molecule has 0 unspecified atom stereocenters. The lowest BCUT2D eigenvalue weighted by Gasteiger charge is -2.23. The van der Waals surface area contributed by atoms with Crippen molar-refractivity contribution in [3.05, 3.63) is 82.0 Å². The molecule has 2 rings (SSSR count). The first kappa shape index (κ1) is 21.3. The van der Waals surface area contributed by atoms with Gasteiger partial charge in [-0.05, 0) is 30.2 Å². The van der Waals surface area contributed by atoms with Crippen LogP contribution in [0.3, 0.4) is 0 Å². The van der Waals surface area contributed by atoms with Gasteiger partial charge in [0.2, 0.25) is 0 Å². The minimum Gasteiger partial charge on any atom is -0.466 e. The standard InChI is InChI=1S/C21H23ClN2O4/c1-14(23-13-15-7-5-4-6-8-15)18(20(25)27-2)19(24-21(26)28-3)16-9-11-17(22)12-10-16/h4-12,19,23H,13H2,1-3H3,(H,24,26)/b18-14-/t19-/m0/s1. The van der Waals surface area contributed by atoms with Crippen LogP contribution in [0.15, 0.2) is 65.9 Å². The van der Waals surface area contributed by atoms with Crippen LogP contribution in [0.4, 0.5) is 4.79 Å². The Morgan fingerprint density at radius 2 is 1.64 bits per heavy atom. The van der Waals surface area contributed by atoms with Crippen molar-refractivity contribution in [2.75, 3.05) is 14.2 Å². The molecule has 2 N–H and O–H groups in total. The Kier molecular flexibility index (Phi) is 7.89. The summed E-state index contributed by atoms with van der Waals surface area (Å²) in [5.74, 6) is -0.561. The van der Waals surface area contributed by atoms with Crippen LogP contribution in [-0.4, -0.2) is 26.3 Å². The number of alkyl carbamates (subject to hydrolysis) is 1. The number of allylic oxidation sites excluding steroid dienone is 1. The average Bonchev–Trinajstić information content (AvgIpc) is 2.72. The van der Waals surface area contributed by atoms with Crippen molar-refractivity contribution >= 4 is 23.7 Å². The maximum Gasteiger partial charge on any atom is 0.407 e. The molecule has 0 bridgehead atoms. The lowest BCUT2D eigenvalue weighted by atomic mass is 9.97. The van der Waals surface area contributed by atoms with Crippen LogP contribution in [-0.2, 0) is 20.8 Å². The third-order valence-corrected chi connectivity index (χ3v) is 4.40. The molecule has 0 heterocycles. The molecule has 0 aliphatic rings. The van der Waals surface area contributed by atoms with Crippen LogP contribution >= 0.6 is 11.6 Å². The molecule has 0 aliphatic carbocycles. The van der Waals surface area contributed by atoms with Crippen molar-refractivity contribution in [3.8, 4) is 0 Å². The van der Waals surface area contributed by atoms with Gasteiger partial charge in [0.15, 0.2) is 0 Å². The quantitative estimate of drug-likeness (QED) is 0.541. The van der Waals surface area contributed by atoms with Crippen molar-refractivity contribution in [1.29, 1.82) is 0 Å². The zero-order valence-corrected chi connectivity index (χ0v) is 16.7. The molecule has 148 valence electrons. The summed E-state index contributed by atoms with van der Waals surface area (Å²) in [5.41, 5.74) is 2.56. The topological polar surface area (TPSA) is 76.7 Å². The molecule has 0 saturated carbocycles. The third-order valence-electron chi connectivity index (χ3n) is 4.15. The van der Waals surface area contributed by atoms with Crippen LogP contribution in [0, 0.1) is 0 Å². The number of amides is 1. The normalized spacial score (nSPS) is 12.4. The average molecular weight is 403 g/mol. The van der Waals surface area contributed by atoms with Gasteiger partial charge >= 0.3 is 12.1 Å². The van der Waals surface area contributed by atoms with Gasteiger partial charge in [-0.3, -0.25) is 0 Å². The molecule has 0 fully saturated rings. The van der Waals surface area contributed by atoms with E-state index in [0.29, 0.717) is 22.8 Å². The number of methoxy groups -OCH3 is 2. The second-order valence-electron chi connectivity index (χ2n) is 5.99. The molecule has 0 saturated heterocycles. The molecule has 0 radical (unpaired) electrons. The summed E-state index contributed by atoms with van der Waals surface area (Å²) < 4.78 is 9.70. The van der Waals surface area contributed by atoms with Crippen LogP contribution in [0.25, 0.3) is 0 Å². The summed E-state index contributed by atoms with van der Waals surface area (Å²) in [6, 6.07) is 15.8. The Morgan fingerprint density at radius 1 is 1.00 bits per heavy atom. The van der Waals surface area contributed by atoms with Gasteiger partial charge in [-0.15, -0.1) is 0 Å².